The fraction of sp³-hybridized carbons (Fsp3) is 0.545. The van der Waals surface area contributed by atoms with Crippen LogP contribution in [0.4, 0.5) is 4.79 Å². The number of aromatic nitrogens is 8. The van der Waals surface area contributed by atoms with Gasteiger partial charge in [0.05, 0.1) is 69.6 Å². The number of carbonyl (C=O) groups excluding carboxylic acids is 6. The Morgan fingerprint density at radius 1 is 0.504 bits per heavy atom. The van der Waals surface area contributed by atoms with Crippen molar-refractivity contribution in [2.75, 3.05) is 25.9 Å². The number of nitrogens with zero attached hydrogens (tertiary/aromatic N) is 10. The van der Waals surface area contributed by atoms with E-state index in [9.17, 15) is 37.2 Å². The fourth-order valence-corrected chi connectivity index (χ4v) is 17.4. The Bertz CT molecular complexity index is 5420. The molecular formula is C88H110Cl9N11O16S. The second kappa shape index (κ2) is 41.5. The third-order valence-corrected chi connectivity index (χ3v) is 24.0. The standard InChI is InChI=1S/C37H49Cl2N3O6.C23H29Cl2N3O5.C18H21Cl2N3O3.C9H6Cl2N2O2S.CH4.ClH/c1-9-10-11-12-23-24-15-21(24)16-28(23)46-30(43)18-25(36(3,4)5)34(44)42-19-29(20(2)31(42)35(45)48-37(6,7)8)47-33-32(39)40-26-14-13-22(38)17-27(26)41-33;1-12-16(31-19-18(25)26-14-9-8-13(24)10-15(14)27-19)11-28(21(30)33-23(5,6)7)17(12)20(29)32-22(2,3)4;1-9-13(8-21-14(9)17(24)26-18(2,3)4)25-16-15(20)22-11-6-5-10(19)7-12(11)23-16;1-16(14,15)9-8(11)12-6-3-2-5(10)4-7(6)13-9;;/h9,13-14,17,20-21,23-25,28-29,31H,1,10-12,15-16,18-19H2,2-8H3;8-10,12,16-17H,11H2,1-7H3;5-7,9,13-14,21H,8H2,1-4H3;2-4H,1H3;1H4;1H/t20-,21+,23-,24+,25-,28-,29+,31+;12-,16+,17+;9-,13+,14+;;;/m111.../s1. The third kappa shape index (κ3) is 27.3. The second-order valence-corrected chi connectivity index (χ2v) is 41.7. The molecule has 682 valence electrons. The summed E-state index contributed by atoms with van der Waals surface area (Å²) in [5, 5.41) is 5.10. The van der Waals surface area contributed by atoms with E-state index in [1.807, 2.05) is 68.4 Å². The summed E-state index contributed by atoms with van der Waals surface area (Å²) in [5.41, 5.74) is 0.886. The lowest BCUT2D eigenvalue weighted by atomic mass is 9.77. The van der Waals surface area contributed by atoms with Gasteiger partial charge in [0.2, 0.25) is 5.91 Å². The fourth-order valence-electron chi connectivity index (χ4n) is 15.0. The molecule has 13 rings (SSSR count). The topological polar surface area (TPSA) is 332 Å². The highest BCUT2D eigenvalue weighted by molar-refractivity contribution is 7.90. The van der Waals surface area contributed by atoms with E-state index in [1.165, 1.54) is 22.3 Å². The van der Waals surface area contributed by atoms with E-state index in [4.69, 9.17) is 131 Å². The Morgan fingerprint density at radius 2 is 0.888 bits per heavy atom. The lowest BCUT2D eigenvalue weighted by Gasteiger charge is -2.35. The summed E-state index contributed by atoms with van der Waals surface area (Å²) >= 11 is 48.8. The number of nitrogens with one attached hydrogen (secondary N) is 1. The van der Waals surface area contributed by atoms with Crippen molar-refractivity contribution in [2.24, 2.45) is 46.8 Å². The van der Waals surface area contributed by atoms with Gasteiger partial charge in [0.25, 0.3) is 17.6 Å². The molecule has 4 aromatic carbocycles. The molecule has 0 radical (unpaired) electrons. The lowest BCUT2D eigenvalue weighted by molar-refractivity contribution is -0.167. The van der Waals surface area contributed by atoms with Gasteiger partial charge >= 0.3 is 30.0 Å². The van der Waals surface area contributed by atoms with E-state index in [0.29, 0.717) is 88.5 Å². The normalized spacial score (nSPS) is 22.5. The predicted molar refractivity (Wildman–Crippen MR) is 489 cm³/mol. The molecule has 2 amide bonds. The van der Waals surface area contributed by atoms with Gasteiger partial charge in [-0.25, -0.2) is 62.7 Å². The molecule has 5 fully saturated rings. The number of ether oxygens (including phenoxy) is 8. The summed E-state index contributed by atoms with van der Waals surface area (Å²) < 4.78 is 69.6. The van der Waals surface area contributed by atoms with Gasteiger partial charge in [-0.1, -0.05) is 148 Å². The Balaban J connectivity index is 0.000000219. The first-order valence-corrected chi connectivity index (χ1v) is 45.3. The van der Waals surface area contributed by atoms with Crippen molar-refractivity contribution in [1.29, 1.82) is 0 Å². The zero-order chi connectivity index (χ0) is 90.8. The van der Waals surface area contributed by atoms with Gasteiger partial charge in [-0.15, -0.1) is 19.0 Å². The second-order valence-electron chi connectivity index (χ2n) is 36.6. The molecule has 37 heteroatoms. The monoisotopic (exact) mass is 1920 g/mol. The summed E-state index contributed by atoms with van der Waals surface area (Å²) in [5.74, 6) is -1.84. The number of likely N-dealkylation sites (tertiary alicyclic amines) is 2. The van der Waals surface area contributed by atoms with Crippen molar-refractivity contribution >= 4 is 195 Å². The van der Waals surface area contributed by atoms with Crippen LogP contribution in [0.15, 0.2) is 90.5 Å². The van der Waals surface area contributed by atoms with Gasteiger partial charge < -0.3 is 48.1 Å². The van der Waals surface area contributed by atoms with E-state index in [2.05, 4.69) is 51.8 Å². The first kappa shape index (κ1) is 103. The maximum Gasteiger partial charge on any atom is 0.411 e. The number of amides is 2. The van der Waals surface area contributed by atoms with Crippen LogP contribution in [0.2, 0.25) is 40.7 Å². The van der Waals surface area contributed by atoms with E-state index in [1.54, 1.807) is 129 Å². The number of esters is 4. The summed E-state index contributed by atoms with van der Waals surface area (Å²) in [6.45, 7) is 37.3. The first-order chi connectivity index (χ1) is 57.1. The molecule has 3 saturated heterocycles. The van der Waals surface area contributed by atoms with Crippen molar-refractivity contribution in [3.8, 4) is 17.6 Å². The molecule has 125 heavy (non-hydrogen) atoms. The van der Waals surface area contributed by atoms with Crippen molar-refractivity contribution in [3.05, 3.63) is 126 Å². The van der Waals surface area contributed by atoms with Gasteiger partial charge in [0, 0.05) is 50.6 Å². The number of halogens is 9. The average molecular weight is 1930 g/mol. The van der Waals surface area contributed by atoms with Crippen LogP contribution in [0.3, 0.4) is 0 Å². The molecule has 0 spiro atoms. The number of carbonyl (C=O) groups is 6. The lowest BCUT2D eigenvalue weighted by Crippen LogP contribution is -2.50. The van der Waals surface area contributed by atoms with E-state index in [-0.39, 0.29) is 119 Å². The minimum Gasteiger partial charge on any atom is -0.470 e. The highest BCUT2D eigenvalue weighted by Gasteiger charge is 2.56. The number of unbranched alkanes of at least 4 members (excludes halogenated alkanes) is 1. The van der Waals surface area contributed by atoms with Crippen LogP contribution in [0.1, 0.15) is 171 Å². The quantitative estimate of drug-likeness (QED) is 0.0361. The number of hydrogen-bond donors (Lipinski definition) is 1. The van der Waals surface area contributed by atoms with Crippen molar-refractivity contribution in [3.63, 3.8) is 0 Å². The smallest absolute Gasteiger partial charge is 0.411 e. The average Bonchev–Trinajstić information content (AvgIpc) is 1.60. The summed E-state index contributed by atoms with van der Waals surface area (Å²) in [6, 6.07) is 17.8. The molecule has 1 N–H and O–H groups in total. The molecule has 2 saturated carbocycles. The predicted octanol–water partition coefficient (Wildman–Crippen LogP) is 20.2. The third-order valence-electron chi connectivity index (χ3n) is 21.0. The molecule has 2 aliphatic carbocycles. The Labute approximate surface area is 776 Å². The summed E-state index contributed by atoms with van der Waals surface area (Å²) in [7, 11) is -3.49. The number of fused-ring (bicyclic) bond motifs is 5. The number of rotatable bonds is 18. The zero-order valence-electron chi connectivity index (χ0n) is 72.5. The Morgan fingerprint density at radius 3 is 1.29 bits per heavy atom. The van der Waals surface area contributed by atoms with Gasteiger partial charge in [0.15, 0.2) is 35.5 Å². The molecule has 3 aliphatic heterocycles. The van der Waals surface area contributed by atoms with Crippen LogP contribution in [0, 0.1) is 46.8 Å². The van der Waals surface area contributed by atoms with Gasteiger partial charge in [0.1, 0.15) is 64.9 Å². The molecular weight excluding hydrogens is 1820 g/mol. The van der Waals surface area contributed by atoms with Crippen molar-refractivity contribution in [2.45, 2.75) is 241 Å². The maximum atomic E-state index is 14.5. The van der Waals surface area contributed by atoms with Gasteiger partial charge in [-0.2, -0.15) is 0 Å². The zero-order valence-corrected chi connectivity index (χ0v) is 80.2. The number of hydrogen-bond acceptors (Lipinski definition) is 25. The van der Waals surface area contributed by atoms with Gasteiger partial charge in [-0.05, 0) is 211 Å². The number of sulfone groups is 1. The molecule has 0 bridgehead atoms. The molecule has 8 aromatic rings. The molecule has 5 aliphatic rings. The Kier molecular flexibility index (Phi) is 34.2. The van der Waals surface area contributed by atoms with E-state index in [0.717, 1.165) is 31.9 Å². The summed E-state index contributed by atoms with van der Waals surface area (Å²) in [6.07, 6.45) is 5.66. The highest BCUT2D eigenvalue weighted by Crippen LogP contribution is 2.58. The minimum absolute atomic E-state index is 0. The highest BCUT2D eigenvalue weighted by atomic mass is 35.5. The summed E-state index contributed by atoms with van der Waals surface area (Å²) in [4.78, 5) is 117. The molecule has 27 nitrogen and oxygen atoms in total. The molecule has 0 unspecified atom stereocenters. The SMILES string of the molecule is C.C=CCCC[C@@H]1[C@H]2C[C@H]2C[C@H]1OC(=O)C[C@H](C(=O)N1C[C@H](Oc2nc3cc(Cl)ccc3nc2Cl)[C@@H](C)[C@H]1C(=O)OC(C)(C)C)C(C)(C)C.CS(=O)(=O)c1nc2cc(Cl)ccc2nc1Cl.C[C@@H]1[C@@H](Oc2nc3cc(Cl)ccc3nc2Cl)CN(C(=O)OC(C)(C)C)[C@@H]1C(=O)OC(C)(C)C.C[C@@H]1[C@@H](Oc2nc3cc(Cl)ccc3nc2Cl)CN[C@@H]1C(=O)OC(C)(C)C.Cl. The molecule has 4 aromatic heterocycles. The van der Waals surface area contributed by atoms with E-state index < -0.39 is 104 Å². The minimum atomic E-state index is -3.49. The van der Waals surface area contributed by atoms with E-state index >= 15 is 0 Å². The number of benzene rings is 4. The largest absolute Gasteiger partial charge is 0.470 e. The van der Waals surface area contributed by atoms with Crippen LogP contribution in [-0.4, -0.2) is 185 Å². The first-order valence-electron chi connectivity index (χ1n) is 40.4. The number of allylic oxidation sites excluding steroid dienone is 1. The van der Waals surface area contributed by atoms with Crippen LogP contribution in [-0.2, 0) is 57.5 Å². The van der Waals surface area contributed by atoms with Crippen LogP contribution in [0.5, 0.6) is 17.6 Å². The van der Waals surface area contributed by atoms with Crippen LogP contribution in [0.25, 0.3) is 44.1 Å². The van der Waals surface area contributed by atoms with Crippen molar-refractivity contribution < 1.29 is 75.1 Å². The Hall–Kier alpha value is -7.48. The van der Waals surface area contributed by atoms with Gasteiger partial charge in [-0.3, -0.25) is 19.3 Å². The van der Waals surface area contributed by atoms with Crippen molar-refractivity contribution in [1.82, 2.24) is 55.0 Å². The molecule has 14 atom stereocenters. The van der Waals surface area contributed by atoms with Crippen LogP contribution < -0.4 is 19.5 Å². The maximum absolute atomic E-state index is 14.5. The molecule has 7 heterocycles. The van der Waals surface area contributed by atoms with Crippen LogP contribution >= 0.6 is 105 Å².